The predicted molar refractivity (Wildman–Crippen MR) is 164 cm³/mol. The van der Waals surface area contributed by atoms with Crippen LogP contribution in [0.4, 0.5) is 9.18 Å². The molecule has 43 heavy (non-hydrogen) atoms. The van der Waals surface area contributed by atoms with Crippen LogP contribution in [0.3, 0.4) is 0 Å². The predicted octanol–water partition coefficient (Wildman–Crippen LogP) is 8.10. The van der Waals surface area contributed by atoms with Crippen molar-refractivity contribution >= 4 is 33.9 Å². The molecule has 7 nitrogen and oxygen atoms in total. The molecule has 3 aromatic carbocycles. The second-order valence-electron chi connectivity index (χ2n) is 12.3. The van der Waals surface area contributed by atoms with Gasteiger partial charge in [0.05, 0.1) is 29.3 Å². The number of aromatic nitrogens is 3. The lowest BCUT2D eigenvalue weighted by Crippen LogP contribution is -2.41. The van der Waals surface area contributed by atoms with Crippen molar-refractivity contribution in [2.24, 2.45) is 5.41 Å². The molecular formula is C35H36FN3O4. The maximum absolute atomic E-state index is 14.4. The average Bonchev–Trinajstić information content (AvgIpc) is 3.49. The second-order valence-corrected chi connectivity index (χ2v) is 12.3. The SMILES string of the molecule is COC(=O)C1(C)CC(c2c(C(C)C)n(-c3ccc(F)c(C)c3)c3cc4c(C)nn(C(=O)OCc5ccccc5)c4cc23)C1. The Kier molecular flexibility index (Phi) is 7.11. The lowest BCUT2D eigenvalue weighted by Gasteiger charge is -2.43. The summed E-state index contributed by atoms with van der Waals surface area (Å²) < 4.78 is 28.7. The first-order valence-corrected chi connectivity index (χ1v) is 14.7. The highest BCUT2D eigenvalue weighted by molar-refractivity contribution is 6.02. The zero-order valence-corrected chi connectivity index (χ0v) is 25.4. The number of aryl methyl sites for hydroxylation is 2. The van der Waals surface area contributed by atoms with E-state index >= 15 is 0 Å². The van der Waals surface area contributed by atoms with E-state index in [1.54, 1.807) is 13.0 Å². The summed E-state index contributed by atoms with van der Waals surface area (Å²) in [6, 6.07) is 18.8. The molecule has 2 heterocycles. The largest absolute Gasteiger partial charge is 0.469 e. The van der Waals surface area contributed by atoms with Gasteiger partial charge in [-0.25, -0.2) is 9.18 Å². The molecule has 0 saturated heterocycles. The van der Waals surface area contributed by atoms with Crippen LogP contribution in [0, 0.1) is 25.1 Å². The first-order chi connectivity index (χ1) is 20.5. The fourth-order valence-electron chi connectivity index (χ4n) is 6.70. The van der Waals surface area contributed by atoms with E-state index in [0.717, 1.165) is 38.8 Å². The van der Waals surface area contributed by atoms with E-state index in [1.165, 1.54) is 17.9 Å². The zero-order chi connectivity index (χ0) is 30.6. The summed E-state index contributed by atoms with van der Waals surface area (Å²) >= 11 is 0. The fourth-order valence-corrected chi connectivity index (χ4v) is 6.70. The molecule has 1 aliphatic rings. The molecule has 0 bridgehead atoms. The van der Waals surface area contributed by atoms with Gasteiger partial charge in [-0.1, -0.05) is 44.2 Å². The zero-order valence-electron chi connectivity index (χ0n) is 25.4. The van der Waals surface area contributed by atoms with Crippen molar-refractivity contribution in [3.05, 3.63) is 94.6 Å². The minimum Gasteiger partial charge on any atom is -0.469 e. The van der Waals surface area contributed by atoms with E-state index in [4.69, 9.17) is 9.47 Å². The minimum absolute atomic E-state index is 0.103. The molecule has 0 radical (unpaired) electrons. The lowest BCUT2D eigenvalue weighted by atomic mass is 9.60. The van der Waals surface area contributed by atoms with Crippen LogP contribution in [0.2, 0.25) is 0 Å². The van der Waals surface area contributed by atoms with Crippen molar-refractivity contribution in [1.82, 2.24) is 14.3 Å². The summed E-state index contributed by atoms with van der Waals surface area (Å²) in [5.74, 6) is -0.237. The van der Waals surface area contributed by atoms with Gasteiger partial charge in [0.2, 0.25) is 0 Å². The van der Waals surface area contributed by atoms with Gasteiger partial charge in [0, 0.05) is 22.2 Å². The molecule has 5 aromatic rings. The number of ether oxygens (including phenoxy) is 2. The molecule has 0 N–H and O–H groups in total. The van der Waals surface area contributed by atoms with Crippen molar-refractivity contribution < 1.29 is 23.5 Å². The molecular weight excluding hydrogens is 545 g/mol. The molecule has 6 rings (SSSR count). The van der Waals surface area contributed by atoms with Crippen LogP contribution in [0.25, 0.3) is 27.5 Å². The Labute approximate surface area is 250 Å². The molecule has 222 valence electrons. The van der Waals surface area contributed by atoms with E-state index in [9.17, 15) is 14.0 Å². The topological polar surface area (TPSA) is 75.4 Å². The number of benzene rings is 3. The van der Waals surface area contributed by atoms with E-state index in [-0.39, 0.29) is 30.2 Å². The lowest BCUT2D eigenvalue weighted by molar-refractivity contribution is -0.158. The summed E-state index contributed by atoms with van der Waals surface area (Å²) in [5.41, 5.74) is 6.30. The Hall–Kier alpha value is -4.46. The van der Waals surface area contributed by atoms with Crippen molar-refractivity contribution in [3.8, 4) is 5.69 Å². The molecule has 1 saturated carbocycles. The van der Waals surface area contributed by atoms with E-state index < -0.39 is 11.5 Å². The number of hydrogen-bond acceptors (Lipinski definition) is 5. The first kappa shape index (κ1) is 28.6. The van der Waals surface area contributed by atoms with Crippen LogP contribution < -0.4 is 0 Å². The van der Waals surface area contributed by atoms with Gasteiger partial charge < -0.3 is 14.0 Å². The smallest absolute Gasteiger partial charge is 0.435 e. The van der Waals surface area contributed by atoms with E-state index in [0.29, 0.717) is 29.6 Å². The van der Waals surface area contributed by atoms with Gasteiger partial charge >= 0.3 is 12.1 Å². The number of carbonyl (C=O) groups is 2. The number of nitrogens with zero attached hydrogens (tertiary/aromatic N) is 3. The van der Waals surface area contributed by atoms with Crippen molar-refractivity contribution in [1.29, 1.82) is 0 Å². The summed E-state index contributed by atoms with van der Waals surface area (Å²) in [5, 5.41) is 6.39. The van der Waals surface area contributed by atoms with E-state index in [1.807, 2.05) is 56.3 Å². The Morgan fingerprint density at radius 1 is 1.02 bits per heavy atom. The third-order valence-corrected chi connectivity index (χ3v) is 8.83. The number of halogens is 1. The van der Waals surface area contributed by atoms with Gasteiger partial charge in [0.1, 0.15) is 12.4 Å². The van der Waals surface area contributed by atoms with Crippen LogP contribution in [-0.4, -0.2) is 33.5 Å². The fraction of sp³-hybridized carbons (Fsp3) is 0.343. The molecule has 0 atom stereocenters. The van der Waals surface area contributed by atoms with Gasteiger partial charge in [-0.3, -0.25) is 4.79 Å². The Morgan fingerprint density at radius 3 is 2.37 bits per heavy atom. The molecule has 0 aliphatic heterocycles. The van der Waals surface area contributed by atoms with Crippen molar-refractivity contribution in [3.63, 3.8) is 0 Å². The van der Waals surface area contributed by atoms with Gasteiger partial charge in [0.15, 0.2) is 0 Å². The number of carbonyl (C=O) groups excluding carboxylic acids is 2. The molecule has 1 fully saturated rings. The van der Waals surface area contributed by atoms with Crippen molar-refractivity contribution in [2.45, 2.75) is 65.9 Å². The van der Waals surface area contributed by atoms with Gasteiger partial charge in [-0.15, -0.1) is 0 Å². The Bertz CT molecular complexity index is 1880. The standard InChI is InChI=1S/C35H36FN3O4/c1-20(2)32-31(24-17-35(5,18-24)33(40)42-6)27-16-30-26(15-29(27)38(32)25-12-13-28(36)21(3)14-25)22(4)37-39(30)34(41)43-19-23-10-8-7-9-11-23/h7-16,20,24H,17-19H2,1-6H3. The number of esters is 1. The Balaban J connectivity index is 1.55. The van der Waals surface area contributed by atoms with Gasteiger partial charge in [-0.2, -0.15) is 9.78 Å². The van der Waals surface area contributed by atoms with Crippen molar-refractivity contribution in [2.75, 3.05) is 7.11 Å². The number of fused-ring (bicyclic) bond motifs is 2. The number of rotatable bonds is 6. The van der Waals surface area contributed by atoms with Crippen LogP contribution >= 0.6 is 0 Å². The highest BCUT2D eigenvalue weighted by atomic mass is 19.1. The highest BCUT2D eigenvalue weighted by Gasteiger charge is 2.49. The van der Waals surface area contributed by atoms with Crippen LogP contribution in [0.15, 0.2) is 60.7 Å². The molecule has 2 aromatic heterocycles. The molecule has 0 amide bonds. The van der Waals surface area contributed by atoms with Crippen LogP contribution in [0.5, 0.6) is 0 Å². The number of hydrogen-bond donors (Lipinski definition) is 0. The summed E-state index contributed by atoms with van der Waals surface area (Å²) in [7, 11) is 1.43. The minimum atomic E-state index is -0.557. The second kappa shape index (κ2) is 10.7. The van der Waals surface area contributed by atoms with Gasteiger partial charge in [-0.05, 0) is 92.5 Å². The monoisotopic (exact) mass is 581 g/mol. The Morgan fingerprint density at radius 2 is 1.72 bits per heavy atom. The third kappa shape index (κ3) is 4.79. The molecule has 0 spiro atoms. The quantitative estimate of drug-likeness (QED) is 0.189. The molecule has 0 unspecified atom stereocenters. The average molecular weight is 582 g/mol. The maximum atomic E-state index is 14.4. The number of methoxy groups -OCH3 is 1. The first-order valence-electron chi connectivity index (χ1n) is 14.7. The van der Waals surface area contributed by atoms with Crippen LogP contribution in [-0.2, 0) is 20.9 Å². The molecule has 8 heteroatoms. The highest BCUT2D eigenvalue weighted by Crippen LogP contribution is 2.55. The normalized spacial score (nSPS) is 18.3. The summed E-state index contributed by atoms with van der Waals surface area (Å²) in [6.07, 6.45) is 0.745. The summed E-state index contributed by atoms with van der Waals surface area (Å²) in [6.45, 7) is 10.0. The maximum Gasteiger partial charge on any atom is 0.435 e. The van der Waals surface area contributed by atoms with E-state index in [2.05, 4.69) is 29.6 Å². The van der Waals surface area contributed by atoms with Gasteiger partial charge in [0.25, 0.3) is 0 Å². The molecule has 1 aliphatic carbocycles. The van der Waals surface area contributed by atoms with Crippen LogP contribution in [0.1, 0.15) is 73.5 Å². The third-order valence-electron chi connectivity index (χ3n) is 8.83. The summed E-state index contributed by atoms with van der Waals surface area (Å²) in [4.78, 5) is 25.9.